The second-order valence-corrected chi connectivity index (χ2v) is 10.1. The van der Waals surface area contributed by atoms with Crippen LogP contribution in [0.4, 0.5) is 15.3 Å². The van der Waals surface area contributed by atoms with Crippen molar-refractivity contribution in [2.75, 3.05) is 44.4 Å². The van der Waals surface area contributed by atoms with Crippen LogP contribution >= 0.6 is 11.8 Å². The minimum absolute atomic E-state index is 0.000794. The molecular weight excluding hydrogens is 492 g/mol. The third-order valence-corrected chi connectivity index (χ3v) is 6.89. The minimum atomic E-state index is -0.468. The van der Waals surface area contributed by atoms with Crippen molar-refractivity contribution in [3.63, 3.8) is 0 Å². The Kier molecular flexibility index (Phi) is 9.29. The normalized spacial score (nSPS) is 16.1. The molecule has 0 unspecified atom stereocenters. The number of hydrogen-bond acceptors (Lipinski definition) is 8. The maximum Gasteiger partial charge on any atom is 0.411 e. The monoisotopic (exact) mass is 526 g/mol. The molecule has 2 heterocycles. The fourth-order valence-corrected chi connectivity index (χ4v) is 4.90. The van der Waals surface area contributed by atoms with Crippen LogP contribution < -0.4 is 14.8 Å². The number of anilines is 1. The lowest BCUT2D eigenvalue weighted by Gasteiger charge is -2.24. The molecular formula is C27H34N4O5S. The van der Waals surface area contributed by atoms with Crippen molar-refractivity contribution in [1.82, 2.24) is 9.91 Å². The van der Waals surface area contributed by atoms with Crippen molar-refractivity contribution in [3.05, 3.63) is 53.6 Å². The summed E-state index contributed by atoms with van der Waals surface area (Å²) in [6, 6.07) is 13.0. The van der Waals surface area contributed by atoms with E-state index in [0.717, 1.165) is 36.5 Å². The molecule has 1 N–H and O–H groups in total. The van der Waals surface area contributed by atoms with Crippen molar-refractivity contribution < 1.29 is 23.8 Å². The zero-order chi connectivity index (χ0) is 26.2. The second kappa shape index (κ2) is 12.8. The van der Waals surface area contributed by atoms with E-state index in [-0.39, 0.29) is 11.3 Å². The van der Waals surface area contributed by atoms with Crippen LogP contribution in [0.25, 0.3) is 0 Å². The number of methoxy groups -OCH3 is 1. The average molecular weight is 527 g/mol. The van der Waals surface area contributed by atoms with Crippen LogP contribution in [0.1, 0.15) is 37.8 Å². The molecule has 2 aliphatic rings. The molecule has 0 saturated carbocycles. The van der Waals surface area contributed by atoms with E-state index < -0.39 is 6.09 Å². The highest BCUT2D eigenvalue weighted by molar-refractivity contribution is 8.14. The van der Waals surface area contributed by atoms with E-state index in [9.17, 15) is 9.59 Å². The number of amides is 2. The third-order valence-electron chi connectivity index (χ3n) is 6.02. The molecule has 37 heavy (non-hydrogen) atoms. The summed E-state index contributed by atoms with van der Waals surface area (Å²) >= 11 is 1.21. The Labute approximate surface area is 222 Å². The van der Waals surface area contributed by atoms with Gasteiger partial charge >= 0.3 is 11.3 Å². The quantitative estimate of drug-likeness (QED) is 0.455. The molecule has 1 fully saturated rings. The lowest BCUT2D eigenvalue weighted by Crippen LogP contribution is -2.29. The second-order valence-electron chi connectivity index (χ2n) is 9.20. The molecule has 0 aliphatic carbocycles. The standard InChI is InChI=1S/C27H34N4O5S/c1-19(2)36-25-16-21(8-11-24(25)34-3)23-18-37-27(33)31(29-23)17-20-6-9-22(10-7-20)28-26(32)35-15-14-30-12-4-5-13-30/h6-11,16,19H,4-5,12-15,17-18H2,1-3H3,(H,28,32). The molecule has 10 heteroatoms. The largest absolute Gasteiger partial charge is 0.493 e. The first-order valence-electron chi connectivity index (χ1n) is 12.5. The number of carbonyl (C=O) groups is 2. The first-order chi connectivity index (χ1) is 17.9. The van der Waals surface area contributed by atoms with E-state index in [4.69, 9.17) is 14.2 Å². The summed E-state index contributed by atoms with van der Waals surface area (Å²) in [4.78, 5) is 26.9. The molecule has 4 rings (SSSR count). The van der Waals surface area contributed by atoms with Crippen LogP contribution in [0.3, 0.4) is 0 Å². The number of ether oxygens (including phenoxy) is 3. The van der Waals surface area contributed by atoms with Gasteiger partial charge < -0.3 is 14.2 Å². The molecule has 2 amide bonds. The molecule has 2 aromatic rings. The third kappa shape index (κ3) is 7.62. The zero-order valence-corrected chi connectivity index (χ0v) is 22.4. The number of hydrogen-bond donors (Lipinski definition) is 1. The Hall–Kier alpha value is -3.24. The Morgan fingerprint density at radius 3 is 2.57 bits per heavy atom. The van der Waals surface area contributed by atoms with E-state index in [1.54, 1.807) is 19.2 Å². The van der Waals surface area contributed by atoms with E-state index in [2.05, 4.69) is 15.3 Å². The molecule has 2 aliphatic heterocycles. The van der Waals surface area contributed by atoms with Crippen molar-refractivity contribution in [1.29, 1.82) is 0 Å². The number of carbonyl (C=O) groups excluding carboxylic acids is 2. The van der Waals surface area contributed by atoms with Crippen LogP contribution in [0.2, 0.25) is 0 Å². The van der Waals surface area contributed by atoms with Crippen LogP contribution in [-0.2, 0) is 11.3 Å². The molecule has 0 atom stereocenters. The first kappa shape index (κ1) is 26.8. The lowest BCUT2D eigenvalue weighted by atomic mass is 10.1. The van der Waals surface area contributed by atoms with E-state index in [0.29, 0.717) is 36.1 Å². The summed E-state index contributed by atoms with van der Waals surface area (Å²) in [5.41, 5.74) is 3.19. The van der Waals surface area contributed by atoms with Gasteiger partial charge in [-0.3, -0.25) is 15.0 Å². The van der Waals surface area contributed by atoms with Gasteiger partial charge in [-0.05, 0) is 75.7 Å². The van der Waals surface area contributed by atoms with Crippen LogP contribution in [0.5, 0.6) is 11.5 Å². The summed E-state index contributed by atoms with van der Waals surface area (Å²) in [5, 5.41) is 8.73. The number of thioether (sulfide) groups is 1. The van der Waals surface area contributed by atoms with Crippen LogP contribution in [0, 0.1) is 0 Å². The summed E-state index contributed by atoms with van der Waals surface area (Å²) in [7, 11) is 1.61. The van der Waals surface area contributed by atoms with Gasteiger partial charge in [0.1, 0.15) is 6.61 Å². The summed E-state index contributed by atoms with van der Waals surface area (Å²) in [5.74, 6) is 1.77. The Balaban J connectivity index is 1.35. The van der Waals surface area contributed by atoms with Gasteiger partial charge in [-0.15, -0.1) is 0 Å². The number of hydrazone groups is 1. The zero-order valence-electron chi connectivity index (χ0n) is 21.6. The van der Waals surface area contributed by atoms with E-state index >= 15 is 0 Å². The minimum Gasteiger partial charge on any atom is -0.493 e. The van der Waals surface area contributed by atoms with Crippen LogP contribution in [-0.4, -0.2) is 72.2 Å². The molecule has 198 valence electrons. The van der Waals surface area contributed by atoms with Crippen molar-refractivity contribution in [2.45, 2.75) is 39.3 Å². The molecule has 0 aromatic heterocycles. The smallest absolute Gasteiger partial charge is 0.411 e. The van der Waals surface area contributed by atoms with Crippen molar-refractivity contribution in [3.8, 4) is 11.5 Å². The van der Waals surface area contributed by atoms with Gasteiger partial charge in [0.25, 0.3) is 0 Å². The number of benzene rings is 2. The summed E-state index contributed by atoms with van der Waals surface area (Å²) in [6.45, 7) is 7.52. The SMILES string of the molecule is COc1ccc(C2=NN(Cc3ccc(NC(=O)OCCN4CCCC4)cc3)C(=O)SC2)cc1OC(C)C. The highest BCUT2D eigenvalue weighted by Gasteiger charge is 2.23. The Morgan fingerprint density at radius 2 is 1.86 bits per heavy atom. The number of nitrogens with one attached hydrogen (secondary N) is 1. The molecule has 1 saturated heterocycles. The van der Waals surface area contributed by atoms with Gasteiger partial charge in [0.05, 0.1) is 25.5 Å². The van der Waals surface area contributed by atoms with Crippen molar-refractivity contribution in [2.24, 2.45) is 5.10 Å². The van der Waals surface area contributed by atoms with Gasteiger partial charge in [0, 0.05) is 23.5 Å². The van der Waals surface area contributed by atoms with Gasteiger partial charge in [0.2, 0.25) is 0 Å². The van der Waals surface area contributed by atoms with E-state index in [1.165, 1.54) is 29.6 Å². The topological polar surface area (TPSA) is 92.7 Å². The molecule has 0 bridgehead atoms. The number of rotatable bonds is 10. The summed E-state index contributed by atoms with van der Waals surface area (Å²) < 4.78 is 16.6. The fourth-order valence-electron chi connectivity index (χ4n) is 4.16. The van der Waals surface area contributed by atoms with Gasteiger partial charge in [-0.2, -0.15) is 5.10 Å². The highest BCUT2D eigenvalue weighted by Crippen LogP contribution is 2.31. The van der Waals surface area contributed by atoms with Crippen molar-refractivity contribution >= 4 is 34.5 Å². The van der Waals surface area contributed by atoms with Gasteiger partial charge in [-0.25, -0.2) is 9.80 Å². The molecule has 0 radical (unpaired) electrons. The first-order valence-corrected chi connectivity index (χ1v) is 13.5. The molecule has 2 aromatic carbocycles. The lowest BCUT2D eigenvalue weighted by molar-refractivity contribution is 0.146. The molecule has 9 nitrogen and oxygen atoms in total. The highest BCUT2D eigenvalue weighted by atomic mass is 32.2. The van der Waals surface area contributed by atoms with Gasteiger partial charge in [-0.1, -0.05) is 23.9 Å². The predicted octanol–water partition coefficient (Wildman–Crippen LogP) is 5.20. The fraction of sp³-hybridized carbons (Fsp3) is 0.444. The Bertz CT molecular complexity index is 1120. The van der Waals surface area contributed by atoms with E-state index in [1.807, 2.05) is 44.2 Å². The Morgan fingerprint density at radius 1 is 1.11 bits per heavy atom. The summed E-state index contributed by atoms with van der Waals surface area (Å²) in [6.07, 6.45) is 1.95. The number of nitrogens with zero attached hydrogens (tertiary/aromatic N) is 3. The van der Waals surface area contributed by atoms with Gasteiger partial charge in [0.15, 0.2) is 11.5 Å². The average Bonchev–Trinajstić information content (AvgIpc) is 3.40. The molecule has 0 spiro atoms. The predicted molar refractivity (Wildman–Crippen MR) is 146 cm³/mol. The maximum atomic E-state index is 12.6. The number of likely N-dealkylation sites (tertiary alicyclic amines) is 1. The maximum absolute atomic E-state index is 12.6. The van der Waals surface area contributed by atoms with Crippen LogP contribution in [0.15, 0.2) is 47.6 Å².